The molecular formula is C26H34BrN3O4. The van der Waals surface area contributed by atoms with Gasteiger partial charge >= 0.3 is 6.09 Å². The number of fused-ring (bicyclic) bond motifs is 2. The Morgan fingerprint density at radius 3 is 2.44 bits per heavy atom. The fourth-order valence-corrected chi connectivity index (χ4v) is 5.01. The average molecular weight is 532 g/mol. The number of carboxylic acid groups (broad SMARTS) is 1. The molecule has 1 aromatic heterocycles. The third-order valence-corrected chi connectivity index (χ3v) is 6.48. The molecular weight excluding hydrogens is 498 g/mol. The number of nitrogens with zero attached hydrogens (tertiary/aromatic N) is 3. The Bertz CT molecular complexity index is 960. The molecule has 2 heterocycles. The topological polar surface area (TPSA) is 83.0 Å². The summed E-state index contributed by atoms with van der Waals surface area (Å²) in [6, 6.07) is 9.17. The lowest BCUT2D eigenvalue weighted by molar-refractivity contribution is -0.122. The minimum Gasteiger partial charge on any atom is -0.483 e. The first-order valence-corrected chi connectivity index (χ1v) is 12.5. The van der Waals surface area contributed by atoms with Crippen molar-refractivity contribution >= 4 is 28.5 Å². The number of benzene rings is 1. The zero-order valence-electron chi connectivity index (χ0n) is 20.4. The Hall–Kier alpha value is -2.45. The van der Waals surface area contributed by atoms with E-state index in [0.717, 1.165) is 42.5 Å². The maximum absolute atomic E-state index is 12.5. The summed E-state index contributed by atoms with van der Waals surface area (Å²) in [4.78, 5) is 30.1. The summed E-state index contributed by atoms with van der Waals surface area (Å²) in [5.74, 6) is 0. The van der Waals surface area contributed by atoms with Crippen LogP contribution >= 0.6 is 15.9 Å². The second kappa shape index (κ2) is 11.3. The molecule has 2 aromatic rings. The molecule has 0 spiro atoms. The van der Waals surface area contributed by atoms with E-state index < -0.39 is 5.60 Å². The van der Waals surface area contributed by atoms with Crippen LogP contribution in [0.5, 0.6) is 0 Å². The highest BCUT2D eigenvalue weighted by Crippen LogP contribution is 2.36. The van der Waals surface area contributed by atoms with Crippen molar-refractivity contribution in [3.05, 3.63) is 62.9 Å². The number of carbonyl (C=O) groups is 2. The molecule has 1 amide bonds. The van der Waals surface area contributed by atoms with Crippen LogP contribution in [0, 0.1) is 6.92 Å². The van der Waals surface area contributed by atoms with Gasteiger partial charge in [-0.2, -0.15) is 0 Å². The lowest BCUT2D eigenvalue weighted by Gasteiger charge is -2.41. The van der Waals surface area contributed by atoms with Crippen molar-refractivity contribution < 1.29 is 19.4 Å². The molecule has 1 atom stereocenters. The molecule has 1 aliphatic carbocycles. The summed E-state index contributed by atoms with van der Waals surface area (Å²) < 4.78 is 6.62. The van der Waals surface area contributed by atoms with Gasteiger partial charge in [0.05, 0.1) is 11.7 Å². The standard InChI is InChI=1S/C25H32BrN3O2.CH2O2/c1-17-8-9-21-18(14-17)6-5-7-19-15-20(26)16-27-22(19)23(21)28-10-12-29(13-11-28)24(30)31-25(2,3)4;2-1-3/h8-9,14-16,23H,5-7,10-13H2,1-4H3;1H,(H,2,3). The highest BCUT2D eigenvalue weighted by atomic mass is 79.9. The van der Waals surface area contributed by atoms with Crippen molar-refractivity contribution in [1.82, 2.24) is 14.8 Å². The van der Waals surface area contributed by atoms with E-state index in [0.29, 0.717) is 13.1 Å². The van der Waals surface area contributed by atoms with Crippen LogP contribution in [0.2, 0.25) is 0 Å². The van der Waals surface area contributed by atoms with Crippen LogP contribution in [0.4, 0.5) is 4.79 Å². The molecule has 1 aromatic carbocycles. The van der Waals surface area contributed by atoms with Crippen molar-refractivity contribution in [3.8, 4) is 0 Å². The van der Waals surface area contributed by atoms with Crippen molar-refractivity contribution in [3.63, 3.8) is 0 Å². The van der Waals surface area contributed by atoms with Gasteiger partial charge in [0.2, 0.25) is 0 Å². The van der Waals surface area contributed by atoms with E-state index in [2.05, 4.69) is 52.0 Å². The van der Waals surface area contributed by atoms with Gasteiger partial charge in [-0.25, -0.2) is 4.79 Å². The molecule has 0 radical (unpaired) electrons. The van der Waals surface area contributed by atoms with Crippen LogP contribution in [-0.2, 0) is 22.4 Å². The zero-order chi connectivity index (χ0) is 24.9. The van der Waals surface area contributed by atoms with Crippen LogP contribution in [0.3, 0.4) is 0 Å². The van der Waals surface area contributed by atoms with E-state index in [1.54, 1.807) is 0 Å². The molecule has 0 bridgehead atoms. The highest BCUT2D eigenvalue weighted by molar-refractivity contribution is 9.10. The third kappa shape index (κ3) is 6.57. The van der Waals surface area contributed by atoms with E-state index >= 15 is 0 Å². The number of hydrogen-bond acceptors (Lipinski definition) is 5. The van der Waals surface area contributed by atoms with Crippen LogP contribution < -0.4 is 0 Å². The number of pyridine rings is 1. The first-order chi connectivity index (χ1) is 16.1. The molecule has 1 N–H and O–H groups in total. The van der Waals surface area contributed by atoms with E-state index in [1.807, 2.05) is 31.9 Å². The fourth-order valence-electron chi connectivity index (χ4n) is 4.63. The Morgan fingerprint density at radius 1 is 1.15 bits per heavy atom. The zero-order valence-corrected chi connectivity index (χ0v) is 22.0. The lowest BCUT2D eigenvalue weighted by Crippen LogP contribution is -2.51. The minimum atomic E-state index is -0.471. The summed E-state index contributed by atoms with van der Waals surface area (Å²) in [5, 5.41) is 6.89. The molecule has 34 heavy (non-hydrogen) atoms. The quantitative estimate of drug-likeness (QED) is 0.522. The predicted octanol–water partition coefficient (Wildman–Crippen LogP) is 4.98. The van der Waals surface area contributed by atoms with Crippen LogP contribution in [0.15, 0.2) is 34.9 Å². The molecule has 0 saturated carbocycles. The van der Waals surface area contributed by atoms with Gasteiger partial charge in [0.1, 0.15) is 5.60 Å². The van der Waals surface area contributed by atoms with Crippen molar-refractivity contribution in [2.75, 3.05) is 26.2 Å². The van der Waals surface area contributed by atoms with Gasteiger partial charge in [0.15, 0.2) is 0 Å². The van der Waals surface area contributed by atoms with E-state index in [9.17, 15) is 4.79 Å². The van der Waals surface area contributed by atoms with Crippen molar-refractivity contribution in [2.45, 2.75) is 58.6 Å². The number of piperazine rings is 1. The van der Waals surface area contributed by atoms with Gasteiger partial charge in [-0.3, -0.25) is 14.7 Å². The van der Waals surface area contributed by atoms with E-state index in [-0.39, 0.29) is 18.6 Å². The summed E-state index contributed by atoms with van der Waals surface area (Å²) in [6.45, 7) is 10.6. The van der Waals surface area contributed by atoms with Gasteiger partial charge in [0.25, 0.3) is 6.47 Å². The predicted molar refractivity (Wildman–Crippen MR) is 135 cm³/mol. The largest absolute Gasteiger partial charge is 0.483 e. The Labute approximate surface area is 210 Å². The molecule has 7 nitrogen and oxygen atoms in total. The highest BCUT2D eigenvalue weighted by Gasteiger charge is 2.33. The number of carbonyl (C=O) groups excluding carboxylic acids is 1. The number of halogens is 1. The summed E-state index contributed by atoms with van der Waals surface area (Å²) in [7, 11) is 0. The van der Waals surface area contributed by atoms with Crippen molar-refractivity contribution in [2.24, 2.45) is 0 Å². The maximum Gasteiger partial charge on any atom is 0.410 e. The molecule has 1 aliphatic heterocycles. The lowest BCUT2D eigenvalue weighted by atomic mass is 9.86. The summed E-state index contributed by atoms with van der Waals surface area (Å²) in [6.07, 6.45) is 4.93. The maximum atomic E-state index is 12.5. The molecule has 4 rings (SSSR count). The van der Waals surface area contributed by atoms with Gasteiger partial charge in [-0.05, 0) is 85.6 Å². The normalized spacial score (nSPS) is 18.4. The molecule has 8 heteroatoms. The average Bonchev–Trinajstić information content (AvgIpc) is 2.75. The summed E-state index contributed by atoms with van der Waals surface area (Å²) >= 11 is 3.61. The second-order valence-electron chi connectivity index (χ2n) is 9.77. The van der Waals surface area contributed by atoms with Gasteiger partial charge < -0.3 is 14.7 Å². The van der Waals surface area contributed by atoms with E-state index in [1.165, 1.54) is 22.3 Å². The first-order valence-electron chi connectivity index (χ1n) is 11.7. The second-order valence-corrected chi connectivity index (χ2v) is 10.7. The van der Waals surface area contributed by atoms with Crippen LogP contribution in [0.25, 0.3) is 0 Å². The van der Waals surface area contributed by atoms with Crippen LogP contribution in [-0.4, -0.2) is 64.2 Å². The Balaban J connectivity index is 0.00000103. The number of aryl methyl sites for hydroxylation is 3. The Kier molecular flexibility index (Phi) is 8.71. The molecule has 184 valence electrons. The minimum absolute atomic E-state index is 0.111. The van der Waals surface area contributed by atoms with E-state index in [4.69, 9.17) is 19.6 Å². The molecule has 1 unspecified atom stereocenters. The smallest absolute Gasteiger partial charge is 0.410 e. The van der Waals surface area contributed by atoms with Crippen LogP contribution in [0.1, 0.15) is 61.2 Å². The molecule has 1 saturated heterocycles. The Morgan fingerprint density at radius 2 is 1.79 bits per heavy atom. The number of rotatable bonds is 1. The third-order valence-electron chi connectivity index (χ3n) is 6.04. The summed E-state index contributed by atoms with van der Waals surface area (Å²) in [5.41, 5.74) is 6.08. The SMILES string of the molecule is Cc1ccc2c(c1)CCCc1cc(Br)cnc1C2N1CCN(C(=O)OC(C)(C)C)CC1.O=CO. The van der Waals surface area contributed by atoms with Gasteiger partial charge in [-0.15, -0.1) is 0 Å². The molecule has 1 fully saturated rings. The number of hydrogen-bond donors (Lipinski definition) is 1. The first kappa shape index (κ1) is 26.2. The van der Waals surface area contributed by atoms with Gasteiger partial charge in [-0.1, -0.05) is 23.8 Å². The molecule has 2 aliphatic rings. The number of ether oxygens (including phenoxy) is 1. The number of amides is 1. The number of aromatic nitrogens is 1. The fraction of sp³-hybridized carbons (Fsp3) is 0.500. The van der Waals surface area contributed by atoms with Gasteiger partial charge in [0, 0.05) is 36.8 Å². The monoisotopic (exact) mass is 531 g/mol. The van der Waals surface area contributed by atoms with Crippen molar-refractivity contribution in [1.29, 1.82) is 0 Å².